The van der Waals surface area contributed by atoms with Gasteiger partial charge in [-0.1, -0.05) is 27.2 Å². The van der Waals surface area contributed by atoms with Crippen LogP contribution in [0.4, 0.5) is 0 Å². The van der Waals surface area contributed by atoms with Crippen molar-refractivity contribution in [3.05, 3.63) is 11.6 Å². The fourth-order valence-electron chi connectivity index (χ4n) is 6.65. The molecule has 3 fully saturated rings. The number of hydrogen-bond donors (Lipinski definition) is 1. The average Bonchev–Trinajstić information content (AvgIpc) is 2.99. The maximum Gasteiger partial charge on any atom is 0.333 e. The smallest absolute Gasteiger partial charge is 0.333 e. The van der Waals surface area contributed by atoms with E-state index < -0.39 is 12.3 Å². The van der Waals surface area contributed by atoms with E-state index in [9.17, 15) is 9.90 Å². The topological polar surface area (TPSA) is 46.5 Å². The van der Waals surface area contributed by atoms with Gasteiger partial charge >= 0.3 is 5.97 Å². The van der Waals surface area contributed by atoms with Gasteiger partial charge in [-0.2, -0.15) is 0 Å². The second-order valence-corrected chi connectivity index (χ2v) is 9.29. The van der Waals surface area contributed by atoms with E-state index in [4.69, 9.17) is 4.74 Å². The molecule has 1 aliphatic heterocycles. The van der Waals surface area contributed by atoms with Crippen LogP contribution in [-0.2, 0) is 9.53 Å². The summed E-state index contributed by atoms with van der Waals surface area (Å²) in [4.78, 5) is 11.3. The monoisotopic (exact) mass is 318 g/mol. The van der Waals surface area contributed by atoms with Crippen molar-refractivity contribution in [1.29, 1.82) is 0 Å². The number of ether oxygens (including phenoxy) is 1. The fourth-order valence-corrected chi connectivity index (χ4v) is 6.65. The first-order valence-electron chi connectivity index (χ1n) is 9.40. The Morgan fingerprint density at radius 3 is 2.78 bits per heavy atom. The number of carbonyl (C=O) groups is 1. The highest BCUT2D eigenvalue weighted by atomic mass is 16.6. The Bertz CT molecular complexity index is 567. The van der Waals surface area contributed by atoms with Crippen LogP contribution in [-0.4, -0.2) is 17.4 Å². The molecule has 6 atom stereocenters. The largest absolute Gasteiger partial charge is 0.429 e. The van der Waals surface area contributed by atoms with Crippen LogP contribution >= 0.6 is 0 Å². The van der Waals surface area contributed by atoms with E-state index in [1.54, 1.807) is 0 Å². The molecular formula is C20H30O3. The lowest BCUT2D eigenvalue weighted by Crippen LogP contribution is -2.47. The van der Waals surface area contributed by atoms with Crippen LogP contribution in [0.5, 0.6) is 0 Å². The van der Waals surface area contributed by atoms with E-state index >= 15 is 0 Å². The van der Waals surface area contributed by atoms with Crippen LogP contribution in [0, 0.1) is 28.1 Å². The van der Waals surface area contributed by atoms with Crippen LogP contribution in [0.25, 0.3) is 0 Å². The van der Waals surface area contributed by atoms with Crippen LogP contribution < -0.4 is 0 Å². The highest BCUT2D eigenvalue weighted by Crippen LogP contribution is 2.80. The zero-order valence-electron chi connectivity index (χ0n) is 14.7. The van der Waals surface area contributed by atoms with Gasteiger partial charge in [0.15, 0.2) is 0 Å². The third-order valence-electron chi connectivity index (χ3n) is 8.42. The van der Waals surface area contributed by atoms with E-state index in [-0.39, 0.29) is 0 Å². The summed E-state index contributed by atoms with van der Waals surface area (Å²) >= 11 is 0. The summed E-state index contributed by atoms with van der Waals surface area (Å²) in [5, 5.41) is 9.86. The maximum absolute atomic E-state index is 11.3. The van der Waals surface area contributed by atoms with Gasteiger partial charge in [-0.15, -0.1) is 0 Å². The molecule has 0 aromatic rings. The lowest BCUT2D eigenvalue weighted by molar-refractivity contribution is -0.151. The first-order valence-corrected chi connectivity index (χ1v) is 9.40. The minimum atomic E-state index is -1.00. The number of cyclic esters (lactones) is 1. The van der Waals surface area contributed by atoms with Crippen LogP contribution in [0.2, 0.25) is 0 Å². The molecule has 3 nitrogen and oxygen atoms in total. The molecule has 3 saturated carbocycles. The Morgan fingerprint density at radius 2 is 2.09 bits per heavy atom. The zero-order chi connectivity index (χ0) is 16.5. The Kier molecular flexibility index (Phi) is 3.30. The van der Waals surface area contributed by atoms with E-state index in [1.807, 2.05) is 0 Å². The minimum absolute atomic E-state index is 0.322. The molecular weight excluding hydrogens is 288 g/mol. The lowest BCUT2D eigenvalue weighted by Gasteiger charge is -2.55. The molecule has 0 aromatic heterocycles. The second-order valence-electron chi connectivity index (χ2n) is 9.29. The van der Waals surface area contributed by atoms with E-state index in [0.717, 1.165) is 30.3 Å². The first-order chi connectivity index (χ1) is 10.8. The van der Waals surface area contributed by atoms with Crippen molar-refractivity contribution in [2.24, 2.45) is 28.1 Å². The van der Waals surface area contributed by atoms with Gasteiger partial charge in [-0.05, 0) is 73.0 Å². The molecule has 23 heavy (non-hydrogen) atoms. The standard InChI is InChI=1S/C20H30O3/c1-13-6-10-20-12-18(20,2)8-4-5-15(20)19(13,3)9-7-14-11-16(21)23-17(14)22/h11,13,15,17,22H,4-10,12H2,1-3H3/t13-,15-,17-,18+,19+,20+/m0/s1. The number of rotatable bonds is 3. The molecule has 0 unspecified atom stereocenters. The summed E-state index contributed by atoms with van der Waals surface area (Å²) in [5.41, 5.74) is 2.30. The highest BCUT2D eigenvalue weighted by Gasteiger charge is 2.72. The van der Waals surface area contributed by atoms with Gasteiger partial charge in [0, 0.05) is 11.6 Å². The Morgan fingerprint density at radius 1 is 1.30 bits per heavy atom. The minimum Gasteiger partial charge on any atom is -0.429 e. The Labute approximate surface area is 139 Å². The molecule has 128 valence electrons. The summed E-state index contributed by atoms with van der Waals surface area (Å²) in [7, 11) is 0. The van der Waals surface area contributed by atoms with Crippen LogP contribution in [0.1, 0.15) is 72.1 Å². The molecule has 4 rings (SSSR count). The van der Waals surface area contributed by atoms with E-state index in [0.29, 0.717) is 16.2 Å². The van der Waals surface area contributed by atoms with Gasteiger partial charge in [0.2, 0.25) is 6.29 Å². The van der Waals surface area contributed by atoms with Gasteiger partial charge in [0.25, 0.3) is 0 Å². The van der Waals surface area contributed by atoms with Gasteiger partial charge in [-0.25, -0.2) is 4.79 Å². The lowest BCUT2D eigenvalue weighted by atomic mass is 9.50. The highest BCUT2D eigenvalue weighted by molar-refractivity contribution is 5.85. The normalized spacial score (nSPS) is 51.6. The molecule has 1 spiro atoms. The van der Waals surface area contributed by atoms with E-state index in [2.05, 4.69) is 20.8 Å². The molecule has 0 radical (unpaired) electrons. The molecule has 1 N–H and O–H groups in total. The molecule has 0 bridgehead atoms. The van der Waals surface area contributed by atoms with Crippen molar-refractivity contribution in [2.75, 3.05) is 0 Å². The molecule has 0 amide bonds. The second kappa shape index (κ2) is 4.84. The van der Waals surface area contributed by atoms with Crippen molar-refractivity contribution in [2.45, 2.75) is 78.4 Å². The summed E-state index contributed by atoms with van der Waals surface area (Å²) in [5.74, 6) is 1.14. The predicted molar refractivity (Wildman–Crippen MR) is 88.4 cm³/mol. The van der Waals surface area contributed by atoms with E-state index in [1.165, 1.54) is 44.6 Å². The number of aliphatic hydroxyl groups is 1. The Hall–Kier alpha value is -0.830. The van der Waals surface area contributed by atoms with Gasteiger partial charge in [-0.3, -0.25) is 0 Å². The quantitative estimate of drug-likeness (QED) is 0.793. The number of aliphatic hydroxyl groups excluding tert-OH is 1. The summed E-state index contributed by atoms with van der Waals surface area (Å²) in [6.07, 6.45) is 10.7. The van der Waals surface area contributed by atoms with Crippen molar-refractivity contribution >= 4 is 5.97 Å². The molecule has 1 heterocycles. The summed E-state index contributed by atoms with van der Waals surface area (Å²) in [6, 6.07) is 0. The number of esters is 1. The number of carbonyl (C=O) groups excluding carboxylic acids is 1. The van der Waals surface area contributed by atoms with Gasteiger partial charge in [0.1, 0.15) is 0 Å². The van der Waals surface area contributed by atoms with Crippen LogP contribution in [0.3, 0.4) is 0 Å². The van der Waals surface area contributed by atoms with Gasteiger partial charge in [0.05, 0.1) is 0 Å². The van der Waals surface area contributed by atoms with Crippen molar-refractivity contribution in [1.82, 2.24) is 0 Å². The summed E-state index contributed by atoms with van der Waals surface area (Å²) in [6.45, 7) is 7.42. The SMILES string of the molecule is C[C@H]1CC[C@]23C[C@@]2(C)CCC[C@H]3[C@]1(C)CCC1=CC(=O)O[C@@H]1O. The first kappa shape index (κ1) is 15.7. The van der Waals surface area contributed by atoms with Crippen molar-refractivity contribution in [3.8, 4) is 0 Å². The maximum atomic E-state index is 11.3. The van der Waals surface area contributed by atoms with Crippen molar-refractivity contribution in [3.63, 3.8) is 0 Å². The average molecular weight is 318 g/mol. The Balaban J connectivity index is 1.55. The zero-order valence-corrected chi connectivity index (χ0v) is 14.7. The predicted octanol–water partition coefficient (Wildman–Crippen LogP) is 4.20. The molecule has 3 heteroatoms. The molecule has 0 saturated heterocycles. The molecule has 0 aromatic carbocycles. The third kappa shape index (κ3) is 2.08. The third-order valence-corrected chi connectivity index (χ3v) is 8.42. The fraction of sp³-hybridized carbons (Fsp3) is 0.850. The number of hydrogen-bond acceptors (Lipinski definition) is 3. The molecule has 4 aliphatic rings. The molecule has 3 aliphatic carbocycles. The summed E-state index contributed by atoms with van der Waals surface area (Å²) < 4.78 is 4.85. The van der Waals surface area contributed by atoms with Crippen molar-refractivity contribution < 1.29 is 14.6 Å². The van der Waals surface area contributed by atoms with Crippen LogP contribution in [0.15, 0.2) is 11.6 Å². The van der Waals surface area contributed by atoms with Gasteiger partial charge < -0.3 is 9.84 Å².